The highest BCUT2D eigenvalue weighted by Crippen LogP contribution is 2.29. The number of carbonyl (C=O) groups is 2. The van der Waals surface area contributed by atoms with E-state index in [0.717, 1.165) is 11.1 Å². The lowest BCUT2D eigenvalue weighted by Crippen LogP contribution is -2.22. The van der Waals surface area contributed by atoms with Gasteiger partial charge in [-0.3, -0.25) is 15.2 Å². The molecule has 3 aromatic rings. The van der Waals surface area contributed by atoms with Gasteiger partial charge in [0.1, 0.15) is 11.9 Å². The van der Waals surface area contributed by atoms with Gasteiger partial charge in [-0.15, -0.1) is 0 Å². The van der Waals surface area contributed by atoms with Crippen LogP contribution in [0.1, 0.15) is 27.5 Å². The Morgan fingerprint density at radius 1 is 1.31 bits per heavy atom. The predicted octanol–water partition coefficient (Wildman–Crippen LogP) is 2.27. The Kier molecular flexibility index (Phi) is 3.89. The lowest BCUT2D eigenvalue weighted by molar-refractivity contribution is -0.143. The highest BCUT2D eigenvalue weighted by Gasteiger charge is 2.29. The summed E-state index contributed by atoms with van der Waals surface area (Å²) in [6.45, 7) is 0.491. The maximum absolute atomic E-state index is 13.7. The van der Waals surface area contributed by atoms with E-state index in [1.54, 1.807) is 18.2 Å². The molecule has 7 nitrogen and oxygen atoms in total. The zero-order valence-electron chi connectivity index (χ0n) is 13.8. The molecule has 0 fully saturated rings. The van der Waals surface area contributed by atoms with Crippen LogP contribution in [0, 0.1) is 5.82 Å². The third-order valence-electron chi connectivity index (χ3n) is 4.41. The number of carbonyl (C=O) groups excluding carboxylic acids is 2. The zero-order valence-corrected chi connectivity index (χ0v) is 13.8. The average Bonchev–Trinajstić information content (AvgIpc) is 3.26. The molecule has 0 spiro atoms. The Bertz CT molecular complexity index is 1030. The molecule has 4 rings (SSSR count). The Balaban J connectivity index is 1.61. The first-order chi connectivity index (χ1) is 12.6. The molecule has 1 aliphatic rings. The Labute approximate surface area is 147 Å². The largest absolute Gasteiger partial charge is 0.468 e. The summed E-state index contributed by atoms with van der Waals surface area (Å²) in [6, 6.07) is 7.21. The van der Waals surface area contributed by atoms with Crippen LogP contribution in [-0.4, -0.2) is 29.2 Å². The highest BCUT2D eigenvalue weighted by molar-refractivity contribution is 6.12. The van der Waals surface area contributed by atoms with Gasteiger partial charge >= 0.3 is 5.97 Å². The summed E-state index contributed by atoms with van der Waals surface area (Å²) in [5.41, 5.74) is 2.92. The first-order valence-electron chi connectivity index (χ1n) is 7.95. The fraction of sp³-hybridized carbons (Fsp3) is 0.167. The number of aromatic amines is 1. The summed E-state index contributed by atoms with van der Waals surface area (Å²) in [4.78, 5) is 24.3. The van der Waals surface area contributed by atoms with Crippen LogP contribution in [-0.2, 0) is 16.1 Å². The number of hydrogen-bond donors (Lipinski definition) is 3. The molecular formula is C18H15FN4O3. The number of aromatic nitrogens is 2. The van der Waals surface area contributed by atoms with Gasteiger partial charge in [-0.05, 0) is 35.4 Å². The minimum Gasteiger partial charge on any atom is -0.468 e. The zero-order chi connectivity index (χ0) is 18.3. The van der Waals surface area contributed by atoms with Crippen molar-refractivity contribution in [3.63, 3.8) is 0 Å². The van der Waals surface area contributed by atoms with Crippen molar-refractivity contribution in [2.45, 2.75) is 12.6 Å². The summed E-state index contributed by atoms with van der Waals surface area (Å²) in [5.74, 6) is -1.32. The van der Waals surface area contributed by atoms with Crippen molar-refractivity contribution in [2.24, 2.45) is 0 Å². The maximum atomic E-state index is 13.7. The Hall–Kier alpha value is -3.26. The van der Waals surface area contributed by atoms with E-state index in [2.05, 4.69) is 20.8 Å². The first-order valence-corrected chi connectivity index (χ1v) is 7.95. The van der Waals surface area contributed by atoms with E-state index >= 15 is 0 Å². The van der Waals surface area contributed by atoms with Crippen LogP contribution in [0.5, 0.6) is 0 Å². The molecule has 3 N–H and O–H groups in total. The summed E-state index contributed by atoms with van der Waals surface area (Å²) in [7, 11) is 1.34. The second-order valence-corrected chi connectivity index (χ2v) is 5.99. The summed E-state index contributed by atoms with van der Waals surface area (Å²) in [6.07, 6.45) is 1.48. The highest BCUT2D eigenvalue weighted by atomic mass is 19.1. The molecule has 0 saturated heterocycles. The number of esters is 1. The fourth-order valence-corrected chi connectivity index (χ4v) is 3.17. The van der Waals surface area contributed by atoms with Gasteiger partial charge in [0.15, 0.2) is 0 Å². The number of halogens is 1. The van der Waals surface area contributed by atoms with Gasteiger partial charge in [0.05, 0.1) is 24.4 Å². The molecule has 2 aromatic carbocycles. The minimum atomic E-state index is -0.522. The van der Waals surface area contributed by atoms with E-state index < -0.39 is 17.8 Å². The number of ether oxygens (including phenoxy) is 1. The van der Waals surface area contributed by atoms with E-state index in [4.69, 9.17) is 4.74 Å². The summed E-state index contributed by atoms with van der Waals surface area (Å²) < 4.78 is 18.5. The van der Waals surface area contributed by atoms with Crippen LogP contribution in [0.3, 0.4) is 0 Å². The predicted molar refractivity (Wildman–Crippen MR) is 92.0 cm³/mol. The molecule has 1 aromatic heterocycles. The Morgan fingerprint density at radius 3 is 2.96 bits per heavy atom. The molecule has 26 heavy (non-hydrogen) atoms. The van der Waals surface area contributed by atoms with E-state index in [1.165, 1.54) is 25.4 Å². The van der Waals surface area contributed by atoms with Crippen molar-refractivity contribution in [3.05, 3.63) is 59.0 Å². The number of benzene rings is 2. The van der Waals surface area contributed by atoms with Crippen LogP contribution in [0.15, 0.2) is 36.5 Å². The molecular weight excluding hydrogens is 339 g/mol. The normalized spacial score (nSPS) is 15.7. The van der Waals surface area contributed by atoms with Crippen LogP contribution in [0.25, 0.3) is 10.9 Å². The summed E-state index contributed by atoms with van der Waals surface area (Å²) >= 11 is 0. The van der Waals surface area contributed by atoms with Gasteiger partial charge < -0.3 is 10.1 Å². The van der Waals surface area contributed by atoms with Crippen molar-refractivity contribution < 1.29 is 18.7 Å². The lowest BCUT2D eigenvalue weighted by Gasteiger charge is -2.11. The van der Waals surface area contributed by atoms with Crippen LogP contribution < -0.4 is 10.6 Å². The van der Waals surface area contributed by atoms with Crippen LogP contribution >= 0.6 is 0 Å². The quantitative estimate of drug-likeness (QED) is 0.627. The number of H-pyrrole nitrogens is 1. The van der Waals surface area contributed by atoms with Gasteiger partial charge in [-0.1, -0.05) is 6.07 Å². The SMILES string of the molecule is COC(=O)[C@H]1NCc2cc(NC(=O)c3cc(F)cc4[nH]ncc34)ccc21. The number of anilines is 1. The second kappa shape index (κ2) is 6.23. The molecule has 132 valence electrons. The number of rotatable bonds is 3. The van der Waals surface area contributed by atoms with Gasteiger partial charge in [0, 0.05) is 17.6 Å². The van der Waals surface area contributed by atoms with Crippen LogP contribution in [0.4, 0.5) is 10.1 Å². The third kappa shape index (κ3) is 2.70. The number of methoxy groups -OCH3 is 1. The second-order valence-electron chi connectivity index (χ2n) is 5.99. The molecule has 1 atom stereocenters. The lowest BCUT2D eigenvalue weighted by atomic mass is 10.0. The summed E-state index contributed by atoms with van der Waals surface area (Å²) in [5, 5.41) is 12.9. The monoisotopic (exact) mass is 354 g/mol. The third-order valence-corrected chi connectivity index (χ3v) is 4.41. The molecule has 0 saturated carbocycles. The van der Waals surface area contributed by atoms with Gasteiger partial charge in [0.25, 0.3) is 5.91 Å². The molecule has 0 bridgehead atoms. The molecule has 8 heteroatoms. The van der Waals surface area contributed by atoms with Crippen molar-refractivity contribution in [3.8, 4) is 0 Å². The van der Waals surface area contributed by atoms with Gasteiger partial charge in [-0.2, -0.15) is 5.10 Å². The van der Waals surface area contributed by atoms with Gasteiger partial charge in [-0.25, -0.2) is 9.18 Å². The van der Waals surface area contributed by atoms with Gasteiger partial charge in [0.2, 0.25) is 0 Å². The number of amides is 1. The van der Waals surface area contributed by atoms with Crippen molar-refractivity contribution in [2.75, 3.05) is 12.4 Å². The van der Waals surface area contributed by atoms with Crippen molar-refractivity contribution in [1.29, 1.82) is 0 Å². The number of hydrogen-bond acceptors (Lipinski definition) is 5. The van der Waals surface area contributed by atoms with E-state index in [9.17, 15) is 14.0 Å². The number of fused-ring (bicyclic) bond motifs is 2. The van der Waals surface area contributed by atoms with Crippen molar-refractivity contribution in [1.82, 2.24) is 15.5 Å². The number of nitrogens with one attached hydrogen (secondary N) is 3. The van der Waals surface area contributed by atoms with Crippen molar-refractivity contribution >= 4 is 28.5 Å². The molecule has 1 aliphatic heterocycles. The molecule has 1 amide bonds. The fourth-order valence-electron chi connectivity index (χ4n) is 3.17. The van der Waals surface area contributed by atoms with E-state index in [0.29, 0.717) is 23.1 Å². The molecule has 0 unspecified atom stereocenters. The van der Waals surface area contributed by atoms with Crippen LogP contribution in [0.2, 0.25) is 0 Å². The van der Waals surface area contributed by atoms with E-state index in [-0.39, 0.29) is 11.5 Å². The standard InChI is InChI=1S/C18H15FN4O3/c1-26-18(25)16-12-3-2-11(4-9(12)7-20-16)22-17(24)13-5-10(19)6-15-14(13)8-21-23-15/h2-6,8,16,20H,7H2,1H3,(H,21,23)(H,22,24)/t16-/m0/s1. The Morgan fingerprint density at radius 2 is 2.15 bits per heavy atom. The molecule has 0 aliphatic carbocycles. The number of nitrogens with zero attached hydrogens (tertiary/aromatic N) is 1. The topological polar surface area (TPSA) is 96.1 Å². The van der Waals surface area contributed by atoms with E-state index in [1.807, 2.05) is 0 Å². The molecule has 2 heterocycles. The minimum absolute atomic E-state index is 0.194. The smallest absolute Gasteiger partial charge is 0.327 e. The average molecular weight is 354 g/mol. The first kappa shape index (κ1) is 16.2. The maximum Gasteiger partial charge on any atom is 0.327 e. The molecule has 0 radical (unpaired) electrons.